The van der Waals surface area contributed by atoms with Crippen LogP contribution in [0.25, 0.3) is 0 Å². The van der Waals surface area contributed by atoms with Gasteiger partial charge in [0.2, 0.25) is 0 Å². The van der Waals surface area contributed by atoms with Gasteiger partial charge in [0, 0.05) is 25.3 Å². The summed E-state index contributed by atoms with van der Waals surface area (Å²) in [6, 6.07) is 6.65. The number of aliphatic hydroxyl groups excluding tert-OH is 1. The summed E-state index contributed by atoms with van der Waals surface area (Å²) in [4.78, 5) is 10.2. The first-order chi connectivity index (χ1) is 8.63. The molecule has 0 aliphatic carbocycles. The molecule has 0 aliphatic rings. The largest absolute Gasteiger partial charge is 0.396 e. The number of non-ortho nitro benzene ring substituents is 1. The molecule has 1 aromatic carbocycles. The molecule has 0 aliphatic heterocycles. The summed E-state index contributed by atoms with van der Waals surface area (Å²) in [7, 11) is 0. The Hall–Kier alpha value is -1.46. The number of rotatable bonds is 8. The van der Waals surface area contributed by atoms with E-state index in [0.29, 0.717) is 12.5 Å². The lowest BCUT2D eigenvalue weighted by Gasteiger charge is -2.08. The van der Waals surface area contributed by atoms with Crippen molar-refractivity contribution in [2.24, 2.45) is 5.92 Å². The SMILES string of the molecule is CC(CO)CCCNCc1cccc([N+](=O)[O-])c1. The lowest BCUT2D eigenvalue weighted by molar-refractivity contribution is -0.384. The Morgan fingerprint density at radius 1 is 1.50 bits per heavy atom. The third-order valence-electron chi connectivity index (χ3n) is 2.81. The molecule has 0 bridgehead atoms. The number of hydrogen-bond donors (Lipinski definition) is 2. The molecule has 0 radical (unpaired) electrons. The molecule has 0 heterocycles. The van der Waals surface area contributed by atoms with Gasteiger partial charge in [-0.3, -0.25) is 10.1 Å². The average Bonchev–Trinajstić information content (AvgIpc) is 2.38. The molecule has 0 spiro atoms. The topological polar surface area (TPSA) is 75.4 Å². The van der Waals surface area contributed by atoms with Crippen molar-refractivity contribution < 1.29 is 10.0 Å². The van der Waals surface area contributed by atoms with Gasteiger partial charge in [-0.25, -0.2) is 0 Å². The molecule has 0 saturated heterocycles. The highest BCUT2D eigenvalue weighted by atomic mass is 16.6. The molecular formula is C13H20N2O3. The predicted octanol–water partition coefficient (Wildman–Crippen LogP) is 2.09. The van der Waals surface area contributed by atoms with Crippen LogP contribution in [0.15, 0.2) is 24.3 Å². The maximum absolute atomic E-state index is 10.6. The molecule has 1 aromatic rings. The third-order valence-corrected chi connectivity index (χ3v) is 2.81. The number of nitrogens with one attached hydrogen (secondary N) is 1. The van der Waals surface area contributed by atoms with E-state index in [2.05, 4.69) is 5.32 Å². The number of aliphatic hydroxyl groups is 1. The second kappa shape index (κ2) is 7.79. The van der Waals surface area contributed by atoms with Gasteiger partial charge in [-0.15, -0.1) is 0 Å². The van der Waals surface area contributed by atoms with E-state index in [9.17, 15) is 10.1 Å². The fourth-order valence-corrected chi connectivity index (χ4v) is 1.68. The standard InChI is InChI=1S/C13H20N2O3/c1-11(10-16)4-3-7-14-9-12-5-2-6-13(8-12)15(17)18/h2,5-6,8,11,14,16H,3-4,7,9-10H2,1H3. The zero-order valence-electron chi connectivity index (χ0n) is 10.6. The smallest absolute Gasteiger partial charge is 0.269 e. The van der Waals surface area contributed by atoms with Crippen LogP contribution in [0.5, 0.6) is 0 Å². The van der Waals surface area contributed by atoms with E-state index in [0.717, 1.165) is 24.9 Å². The first kappa shape index (κ1) is 14.6. The molecule has 5 heteroatoms. The molecule has 0 fully saturated rings. The Morgan fingerprint density at radius 3 is 2.94 bits per heavy atom. The Kier molecular flexibility index (Phi) is 6.32. The van der Waals surface area contributed by atoms with Crippen molar-refractivity contribution >= 4 is 5.69 Å². The minimum absolute atomic E-state index is 0.128. The van der Waals surface area contributed by atoms with Crippen molar-refractivity contribution in [3.63, 3.8) is 0 Å². The molecule has 0 saturated carbocycles. The highest BCUT2D eigenvalue weighted by Gasteiger charge is 2.05. The van der Waals surface area contributed by atoms with Gasteiger partial charge in [0.05, 0.1) is 4.92 Å². The second-order valence-electron chi connectivity index (χ2n) is 4.53. The zero-order chi connectivity index (χ0) is 13.4. The maximum Gasteiger partial charge on any atom is 0.269 e. The van der Waals surface area contributed by atoms with Crippen LogP contribution < -0.4 is 5.32 Å². The Morgan fingerprint density at radius 2 is 2.28 bits per heavy atom. The summed E-state index contributed by atoms with van der Waals surface area (Å²) < 4.78 is 0. The Balaban J connectivity index is 2.27. The highest BCUT2D eigenvalue weighted by molar-refractivity contribution is 5.34. The molecule has 5 nitrogen and oxygen atoms in total. The number of hydrogen-bond acceptors (Lipinski definition) is 4. The summed E-state index contributed by atoms with van der Waals surface area (Å²) in [5, 5.41) is 22.7. The quantitative estimate of drug-likeness (QED) is 0.422. The van der Waals surface area contributed by atoms with E-state index in [-0.39, 0.29) is 17.2 Å². The van der Waals surface area contributed by atoms with Crippen LogP contribution in [0, 0.1) is 16.0 Å². The average molecular weight is 252 g/mol. The Labute approximate surface area is 107 Å². The summed E-state index contributed by atoms with van der Waals surface area (Å²) in [5.41, 5.74) is 1.04. The predicted molar refractivity (Wildman–Crippen MR) is 70.3 cm³/mol. The number of benzene rings is 1. The number of nitro groups is 1. The van der Waals surface area contributed by atoms with E-state index >= 15 is 0 Å². The van der Waals surface area contributed by atoms with Crippen LogP contribution in [0.2, 0.25) is 0 Å². The highest BCUT2D eigenvalue weighted by Crippen LogP contribution is 2.12. The minimum atomic E-state index is -0.383. The van der Waals surface area contributed by atoms with E-state index in [4.69, 9.17) is 5.11 Å². The van der Waals surface area contributed by atoms with E-state index in [1.54, 1.807) is 12.1 Å². The molecule has 1 unspecified atom stereocenters. The summed E-state index contributed by atoms with van der Waals surface area (Å²) in [6.07, 6.45) is 1.98. The van der Waals surface area contributed by atoms with Gasteiger partial charge < -0.3 is 10.4 Å². The Bertz CT molecular complexity index is 382. The van der Waals surface area contributed by atoms with Crippen molar-refractivity contribution in [2.45, 2.75) is 26.3 Å². The van der Waals surface area contributed by atoms with Crippen molar-refractivity contribution in [3.8, 4) is 0 Å². The van der Waals surface area contributed by atoms with E-state index in [1.807, 2.05) is 13.0 Å². The first-order valence-electron chi connectivity index (χ1n) is 6.18. The van der Waals surface area contributed by atoms with E-state index in [1.165, 1.54) is 6.07 Å². The van der Waals surface area contributed by atoms with Gasteiger partial charge >= 0.3 is 0 Å². The van der Waals surface area contributed by atoms with Crippen LogP contribution in [0.1, 0.15) is 25.3 Å². The monoisotopic (exact) mass is 252 g/mol. The maximum atomic E-state index is 10.6. The fraction of sp³-hybridized carbons (Fsp3) is 0.538. The number of nitro benzene ring substituents is 1. The molecule has 2 N–H and O–H groups in total. The van der Waals surface area contributed by atoms with Crippen molar-refractivity contribution in [1.29, 1.82) is 0 Å². The van der Waals surface area contributed by atoms with Crippen molar-refractivity contribution in [1.82, 2.24) is 5.32 Å². The molecule has 100 valence electrons. The fourth-order valence-electron chi connectivity index (χ4n) is 1.68. The minimum Gasteiger partial charge on any atom is -0.396 e. The van der Waals surface area contributed by atoms with Gasteiger partial charge in [-0.05, 0) is 30.9 Å². The molecular weight excluding hydrogens is 232 g/mol. The zero-order valence-corrected chi connectivity index (χ0v) is 10.6. The summed E-state index contributed by atoms with van der Waals surface area (Å²) in [5.74, 6) is 0.338. The lowest BCUT2D eigenvalue weighted by Crippen LogP contribution is -2.16. The lowest BCUT2D eigenvalue weighted by atomic mass is 10.1. The van der Waals surface area contributed by atoms with Crippen molar-refractivity contribution in [3.05, 3.63) is 39.9 Å². The third kappa shape index (κ3) is 5.25. The molecule has 18 heavy (non-hydrogen) atoms. The first-order valence-corrected chi connectivity index (χ1v) is 6.18. The summed E-state index contributed by atoms with van der Waals surface area (Å²) in [6.45, 7) is 3.73. The van der Waals surface area contributed by atoms with Gasteiger partial charge in [-0.1, -0.05) is 19.1 Å². The van der Waals surface area contributed by atoms with Crippen LogP contribution in [0.4, 0.5) is 5.69 Å². The molecule has 1 rings (SSSR count). The van der Waals surface area contributed by atoms with E-state index < -0.39 is 0 Å². The summed E-state index contributed by atoms with van der Waals surface area (Å²) >= 11 is 0. The van der Waals surface area contributed by atoms with Crippen LogP contribution in [-0.4, -0.2) is 23.2 Å². The number of nitrogens with zero attached hydrogens (tertiary/aromatic N) is 1. The molecule has 0 aromatic heterocycles. The van der Waals surface area contributed by atoms with Crippen LogP contribution >= 0.6 is 0 Å². The van der Waals surface area contributed by atoms with Crippen LogP contribution in [-0.2, 0) is 6.54 Å². The normalized spacial score (nSPS) is 12.3. The van der Waals surface area contributed by atoms with Gasteiger partial charge in [-0.2, -0.15) is 0 Å². The second-order valence-corrected chi connectivity index (χ2v) is 4.53. The van der Waals surface area contributed by atoms with Gasteiger partial charge in [0.25, 0.3) is 5.69 Å². The van der Waals surface area contributed by atoms with Crippen LogP contribution in [0.3, 0.4) is 0 Å². The van der Waals surface area contributed by atoms with Crippen molar-refractivity contribution in [2.75, 3.05) is 13.2 Å². The molecule has 1 atom stereocenters. The molecule has 0 amide bonds. The van der Waals surface area contributed by atoms with Gasteiger partial charge in [0.1, 0.15) is 0 Å². The van der Waals surface area contributed by atoms with Gasteiger partial charge in [0.15, 0.2) is 0 Å².